The Hall–Kier alpha value is -0.0400. The van der Waals surface area contributed by atoms with Crippen LogP contribution in [0.1, 0.15) is 72.1 Å². The van der Waals surface area contributed by atoms with Crippen LogP contribution in [0, 0.1) is 5.41 Å². The Morgan fingerprint density at radius 3 is 1.93 bits per heavy atom. The average Bonchev–Trinajstić information content (AvgIpc) is 2.16. The Morgan fingerprint density at radius 2 is 1.43 bits per heavy atom. The third-order valence-electron chi connectivity index (χ3n) is 3.23. The van der Waals surface area contributed by atoms with Crippen molar-refractivity contribution in [3.05, 3.63) is 0 Å². The zero-order valence-electron chi connectivity index (χ0n) is 10.3. The molecule has 14 heavy (non-hydrogen) atoms. The molecule has 0 saturated heterocycles. The van der Waals surface area contributed by atoms with Crippen molar-refractivity contribution < 1.29 is 5.11 Å². The quantitative estimate of drug-likeness (QED) is 0.554. The first-order valence-corrected chi connectivity index (χ1v) is 6.29. The summed E-state index contributed by atoms with van der Waals surface area (Å²) in [5, 5.41) is 9.06. The smallest absolute Gasteiger partial charge is 0.0436 e. The molecule has 0 aliphatic rings. The van der Waals surface area contributed by atoms with Crippen molar-refractivity contribution in [2.75, 3.05) is 6.61 Å². The van der Waals surface area contributed by atoms with E-state index in [-0.39, 0.29) is 0 Å². The molecule has 1 N–H and O–H groups in total. The first-order chi connectivity index (χ1) is 6.68. The Balaban J connectivity index is 3.82. The van der Waals surface area contributed by atoms with Gasteiger partial charge in [-0.05, 0) is 24.7 Å². The first-order valence-electron chi connectivity index (χ1n) is 6.29. The molecule has 1 nitrogen and oxygen atoms in total. The fourth-order valence-electron chi connectivity index (χ4n) is 2.05. The second-order valence-electron chi connectivity index (χ2n) is 4.84. The molecule has 0 heterocycles. The van der Waals surface area contributed by atoms with E-state index in [0.717, 1.165) is 6.42 Å². The molecule has 0 aromatic carbocycles. The monoisotopic (exact) mass is 200 g/mol. The van der Waals surface area contributed by atoms with Crippen LogP contribution in [-0.2, 0) is 0 Å². The van der Waals surface area contributed by atoms with Crippen LogP contribution in [0.2, 0.25) is 0 Å². The lowest BCUT2D eigenvalue weighted by Gasteiger charge is -2.29. The van der Waals surface area contributed by atoms with Gasteiger partial charge in [0.15, 0.2) is 0 Å². The van der Waals surface area contributed by atoms with E-state index in [0.29, 0.717) is 12.0 Å². The maximum Gasteiger partial charge on any atom is 0.0436 e. The van der Waals surface area contributed by atoms with Gasteiger partial charge in [-0.15, -0.1) is 0 Å². The van der Waals surface area contributed by atoms with Gasteiger partial charge >= 0.3 is 0 Å². The standard InChI is InChI=1S/C13H28O/c1-4-6-8-10-13(3,11-12-14)9-7-5-2/h14H,4-12H2,1-3H3. The largest absolute Gasteiger partial charge is 0.396 e. The molecule has 0 spiro atoms. The van der Waals surface area contributed by atoms with Crippen molar-refractivity contribution in [2.45, 2.75) is 72.1 Å². The van der Waals surface area contributed by atoms with Crippen molar-refractivity contribution in [1.29, 1.82) is 0 Å². The number of aliphatic hydroxyl groups excluding tert-OH is 1. The molecule has 1 unspecified atom stereocenters. The van der Waals surface area contributed by atoms with Crippen LogP contribution in [0.3, 0.4) is 0 Å². The number of unbranched alkanes of at least 4 members (excludes halogenated alkanes) is 3. The summed E-state index contributed by atoms with van der Waals surface area (Å²) in [6.07, 6.45) is 10.1. The second kappa shape index (κ2) is 8.28. The third kappa shape index (κ3) is 6.42. The lowest BCUT2D eigenvalue weighted by atomic mass is 9.77. The minimum atomic E-state index is 0.354. The lowest BCUT2D eigenvalue weighted by molar-refractivity contribution is 0.168. The highest BCUT2D eigenvalue weighted by molar-refractivity contribution is 4.73. The zero-order chi connectivity index (χ0) is 10.9. The number of hydrogen-bond donors (Lipinski definition) is 1. The second-order valence-corrected chi connectivity index (χ2v) is 4.84. The van der Waals surface area contributed by atoms with E-state index in [9.17, 15) is 0 Å². The van der Waals surface area contributed by atoms with Gasteiger partial charge in [-0.2, -0.15) is 0 Å². The van der Waals surface area contributed by atoms with Gasteiger partial charge in [-0.1, -0.05) is 52.9 Å². The van der Waals surface area contributed by atoms with Crippen LogP contribution < -0.4 is 0 Å². The maximum atomic E-state index is 9.06. The Labute approximate surface area is 89.9 Å². The highest BCUT2D eigenvalue weighted by Crippen LogP contribution is 2.33. The third-order valence-corrected chi connectivity index (χ3v) is 3.23. The normalized spacial score (nSPS) is 15.4. The van der Waals surface area contributed by atoms with E-state index in [1.165, 1.54) is 44.9 Å². The molecule has 0 aliphatic heterocycles. The predicted molar refractivity (Wildman–Crippen MR) is 63.5 cm³/mol. The predicted octanol–water partition coefficient (Wildman–Crippen LogP) is 4.15. The molecule has 0 aromatic heterocycles. The number of aliphatic hydroxyl groups is 1. The minimum Gasteiger partial charge on any atom is -0.396 e. The summed E-state index contributed by atoms with van der Waals surface area (Å²) in [6, 6.07) is 0. The van der Waals surface area contributed by atoms with Gasteiger partial charge in [0.2, 0.25) is 0 Å². The molecular weight excluding hydrogens is 172 g/mol. The molecule has 86 valence electrons. The fourth-order valence-corrected chi connectivity index (χ4v) is 2.05. The topological polar surface area (TPSA) is 20.2 Å². The molecule has 0 fully saturated rings. The summed E-state index contributed by atoms with van der Waals surface area (Å²) in [4.78, 5) is 0. The molecule has 1 atom stereocenters. The van der Waals surface area contributed by atoms with Crippen LogP contribution in [-0.4, -0.2) is 11.7 Å². The van der Waals surface area contributed by atoms with Gasteiger partial charge in [-0.25, -0.2) is 0 Å². The molecule has 0 rings (SSSR count). The molecule has 0 radical (unpaired) electrons. The van der Waals surface area contributed by atoms with E-state index in [2.05, 4.69) is 20.8 Å². The SMILES string of the molecule is CCCCCC(C)(CCO)CCCC. The Morgan fingerprint density at radius 1 is 0.857 bits per heavy atom. The van der Waals surface area contributed by atoms with E-state index in [4.69, 9.17) is 5.11 Å². The van der Waals surface area contributed by atoms with Crippen molar-refractivity contribution in [3.63, 3.8) is 0 Å². The summed E-state index contributed by atoms with van der Waals surface area (Å²) < 4.78 is 0. The van der Waals surface area contributed by atoms with Gasteiger partial charge in [0.25, 0.3) is 0 Å². The average molecular weight is 200 g/mol. The van der Waals surface area contributed by atoms with E-state index >= 15 is 0 Å². The lowest BCUT2D eigenvalue weighted by Crippen LogP contribution is -2.18. The zero-order valence-corrected chi connectivity index (χ0v) is 10.3. The van der Waals surface area contributed by atoms with Gasteiger partial charge in [0, 0.05) is 6.61 Å². The summed E-state index contributed by atoms with van der Waals surface area (Å²) in [7, 11) is 0. The Kier molecular flexibility index (Phi) is 8.26. The molecule has 0 amide bonds. The first kappa shape index (κ1) is 14.0. The van der Waals surface area contributed by atoms with Crippen molar-refractivity contribution in [3.8, 4) is 0 Å². The van der Waals surface area contributed by atoms with Crippen LogP contribution in [0.4, 0.5) is 0 Å². The maximum absolute atomic E-state index is 9.06. The molecule has 0 saturated carbocycles. The molecule has 0 aromatic rings. The Bertz CT molecular complexity index is 122. The number of rotatable bonds is 9. The van der Waals surface area contributed by atoms with Crippen molar-refractivity contribution in [2.24, 2.45) is 5.41 Å². The van der Waals surface area contributed by atoms with Gasteiger partial charge in [-0.3, -0.25) is 0 Å². The van der Waals surface area contributed by atoms with Crippen LogP contribution in [0.15, 0.2) is 0 Å². The van der Waals surface area contributed by atoms with E-state index in [1.54, 1.807) is 0 Å². The van der Waals surface area contributed by atoms with E-state index < -0.39 is 0 Å². The molecule has 1 heteroatoms. The van der Waals surface area contributed by atoms with Gasteiger partial charge in [0.1, 0.15) is 0 Å². The highest BCUT2D eigenvalue weighted by atomic mass is 16.3. The fraction of sp³-hybridized carbons (Fsp3) is 1.00. The summed E-state index contributed by atoms with van der Waals surface area (Å²) in [5.41, 5.74) is 0.403. The van der Waals surface area contributed by atoms with E-state index in [1.807, 2.05) is 0 Å². The van der Waals surface area contributed by atoms with Crippen molar-refractivity contribution >= 4 is 0 Å². The molecule has 0 aliphatic carbocycles. The van der Waals surface area contributed by atoms with Crippen LogP contribution in [0.25, 0.3) is 0 Å². The van der Waals surface area contributed by atoms with Gasteiger partial charge < -0.3 is 5.11 Å². The summed E-state index contributed by atoms with van der Waals surface area (Å²) in [6.45, 7) is 7.18. The summed E-state index contributed by atoms with van der Waals surface area (Å²) in [5.74, 6) is 0. The highest BCUT2D eigenvalue weighted by Gasteiger charge is 2.21. The number of hydrogen-bond acceptors (Lipinski definition) is 1. The minimum absolute atomic E-state index is 0.354. The van der Waals surface area contributed by atoms with Gasteiger partial charge in [0.05, 0.1) is 0 Å². The molecular formula is C13H28O. The summed E-state index contributed by atoms with van der Waals surface area (Å²) >= 11 is 0. The van der Waals surface area contributed by atoms with Crippen LogP contribution >= 0.6 is 0 Å². The van der Waals surface area contributed by atoms with Crippen molar-refractivity contribution in [1.82, 2.24) is 0 Å². The molecule has 0 bridgehead atoms. The van der Waals surface area contributed by atoms with Crippen LogP contribution in [0.5, 0.6) is 0 Å².